The van der Waals surface area contributed by atoms with Gasteiger partial charge in [0.25, 0.3) is 0 Å². The number of carbonyl (C=O) groups is 4. The summed E-state index contributed by atoms with van der Waals surface area (Å²) in [4.78, 5) is 48.9. The highest BCUT2D eigenvalue weighted by Crippen LogP contribution is 2.08. The van der Waals surface area contributed by atoms with E-state index >= 15 is 0 Å². The molecule has 3 amide bonds. The SMILES string of the molecule is CCN(CC(=O)NC(=O)CN1CCCC1=O)CC(=O)OC. The lowest BCUT2D eigenvalue weighted by atomic mass is 10.4. The molecule has 1 N–H and O–H groups in total. The van der Waals surface area contributed by atoms with Gasteiger partial charge in [0.05, 0.1) is 26.7 Å². The van der Waals surface area contributed by atoms with Crippen LogP contribution in [0.25, 0.3) is 0 Å². The first-order valence-electron chi connectivity index (χ1n) is 6.85. The maximum absolute atomic E-state index is 11.7. The van der Waals surface area contributed by atoms with Gasteiger partial charge in [0.15, 0.2) is 0 Å². The molecule has 0 atom stereocenters. The van der Waals surface area contributed by atoms with E-state index in [4.69, 9.17) is 0 Å². The molecule has 0 bridgehead atoms. The summed E-state index contributed by atoms with van der Waals surface area (Å²) in [5.74, 6) is -1.53. The van der Waals surface area contributed by atoms with Gasteiger partial charge >= 0.3 is 5.97 Å². The third-order valence-electron chi connectivity index (χ3n) is 3.18. The molecule has 1 saturated heterocycles. The number of likely N-dealkylation sites (N-methyl/N-ethyl adjacent to an activating group) is 1. The van der Waals surface area contributed by atoms with Gasteiger partial charge < -0.3 is 9.64 Å². The number of amides is 3. The highest BCUT2D eigenvalue weighted by molar-refractivity contribution is 5.98. The summed E-state index contributed by atoms with van der Waals surface area (Å²) in [6.07, 6.45) is 1.19. The van der Waals surface area contributed by atoms with Crippen LogP contribution in [0.2, 0.25) is 0 Å². The maximum atomic E-state index is 11.7. The van der Waals surface area contributed by atoms with Crippen LogP contribution in [0.4, 0.5) is 0 Å². The van der Waals surface area contributed by atoms with Crippen molar-refractivity contribution in [2.45, 2.75) is 19.8 Å². The molecule has 1 fully saturated rings. The lowest BCUT2D eigenvalue weighted by Gasteiger charge is -2.19. The van der Waals surface area contributed by atoms with E-state index < -0.39 is 17.8 Å². The maximum Gasteiger partial charge on any atom is 0.319 e. The first-order valence-corrected chi connectivity index (χ1v) is 6.85. The molecule has 1 aliphatic rings. The minimum Gasteiger partial charge on any atom is -0.468 e. The summed E-state index contributed by atoms with van der Waals surface area (Å²) in [7, 11) is 1.27. The number of ether oxygens (including phenoxy) is 1. The Morgan fingerprint density at radius 2 is 2.00 bits per heavy atom. The smallest absolute Gasteiger partial charge is 0.319 e. The van der Waals surface area contributed by atoms with Gasteiger partial charge in [-0.05, 0) is 13.0 Å². The van der Waals surface area contributed by atoms with Gasteiger partial charge in [-0.15, -0.1) is 0 Å². The topological polar surface area (TPSA) is 96.0 Å². The summed E-state index contributed by atoms with van der Waals surface area (Å²) in [6, 6.07) is 0. The Balaban J connectivity index is 2.35. The molecule has 0 aromatic carbocycles. The summed E-state index contributed by atoms with van der Waals surface area (Å²) >= 11 is 0. The molecule has 21 heavy (non-hydrogen) atoms. The van der Waals surface area contributed by atoms with E-state index in [0.29, 0.717) is 19.5 Å². The molecule has 0 unspecified atom stereocenters. The zero-order chi connectivity index (χ0) is 15.8. The standard InChI is InChI=1S/C13H21N3O5/c1-3-15(9-13(20)21-2)7-10(17)14-11(18)8-16-6-4-5-12(16)19/h3-9H2,1-2H3,(H,14,17,18). The quantitative estimate of drug-likeness (QED) is 0.590. The molecule has 1 aliphatic heterocycles. The van der Waals surface area contributed by atoms with Gasteiger partial charge in [0.1, 0.15) is 0 Å². The normalized spacial score (nSPS) is 14.4. The average Bonchev–Trinajstić information content (AvgIpc) is 2.82. The molecule has 0 radical (unpaired) electrons. The van der Waals surface area contributed by atoms with Gasteiger partial charge in [0.2, 0.25) is 17.7 Å². The van der Waals surface area contributed by atoms with Gasteiger partial charge in [-0.2, -0.15) is 0 Å². The van der Waals surface area contributed by atoms with Gasteiger partial charge in [0, 0.05) is 13.0 Å². The molecule has 0 aromatic heterocycles. The molecule has 0 aliphatic carbocycles. The molecular formula is C13H21N3O5. The third kappa shape index (κ3) is 5.90. The molecular weight excluding hydrogens is 278 g/mol. The van der Waals surface area contributed by atoms with Crippen molar-refractivity contribution >= 4 is 23.7 Å². The number of carbonyl (C=O) groups excluding carboxylic acids is 4. The molecule has 0 aromatic rings. The molecule has 8 heteroatoms. The van der Waals surface area contributed by atoms with Gasteiger partial charge in [-0.3, -0.25) is 29.4 Å². The lowest BCUT2D eigenvalue weighted by molar-refractivity contribution is -0.142. The van der Waals surface area contributed by atoms with Gasteiger partial charge in [-0.25, -0.2) is 0 Å². The van der Waals surface area contributed by atoms with Crippen molar-refractivity contribution in [1.82, 2.24) is 15.1 Å². The fraction of sp³-hybridized carbons (Fsp3) is 0.692. The predicted octanol–water partition coefficient (Wildman–Crippen LogP) is -1.25. The fourth-order valence-corrected chi connectivity index (χ4v) is 2.01. The van der Waals surface area contributed by atoms with E-state index in [9.17, 15) is 19.2 Å². The van der Waals surface area contributed by atoms with Crippen LogP contribution in [0.1, 0.15) is 19.8 Å². The highest BCUT2D eigenvalue weighted by Gasteiger charge is 2.23. The van der Waals surface area contributed by atoms with E-state index in [1.54, 1.807) is 11.8 Å². The largest absolute Gasteiger partial charge is 0.468 e. The lowest BCUT2D eigenvalue weighted by Crippen LogP contribution is -2.45. The molecule has 0 spiro atoms. The fourth-order valence-electron chi connectivity index (χ4n) is 2.01. The summed E-state index contributed by atoms with van der Waals surface area (Å²) in [5.41, 5.74) is 0. The monoisotopic (exact) mass is 299 g/mol. The van der Waals surface area contributed by atoms with Crippen LogP contribution in [0.5, 0.6) is 0 Å². The Kier molecular flexibility index (Phi) is 6.80. The van der Waals surface area contributed by atoms with Crippen LogP contribution >= 0.6 is 0 Å². The third-order valence-corrected chi connectivity index (χ3v) is 3.18. The van der Waals surface area contributed by atoms with Crippen LogP contribution in [0.15, 0.2) is 0 Å². The molecule has 1 rings (SSSR count). The highest BCUT2D eigenvalue weighted by atomic mass is 16.5. The molecule has 8 nitrogen and oxygen atoms in total. The van der Waals surface area contributed by atoms with E-state index in [0.717, 1.165) is 6.42 Å². The first kappa shape index (κ1) is 17.1. The van der Waals surface area contributed by atoms with E-state index in [-0.39, 0.29) is 25.5 Å². The zero-order valence-corrected chi connectivity index (χ0v) is 12.4. The number of rotatable bonds is 7. The second-order valence-electron chi connectivity index (χ2n) is 4.77. The van der Waals surface area contributed by atoms with Gasteiger partial charge in [-0.1, -0.05) is 6.92 Å². The number of nitrogens with zero attached hydrogens (tertiary/aromatic N) is 2. The second-order valence-corrected chi connectivity index (χ2v) is 4.77. The van der Waals surface area contributed by atoms with E-state index in [2.05, 4.69) is 10.1 Å². The average molecular weight is 299 g/mol. The first-order chi connectivity index (χ1) is 9.96. The van der Waals surface area contributed by atoms with Crippen molar-refractivity contribution in [3.8, 4) is 0 Å². The summed E-state index contributed by atoms with van der Waals surface area (Å²) in [6.45, 7) is 2.62. The van der Waals surface area contributed by atoms with Crippen LogP contribution in [-0.2, 0) is 23.9 Å². The van der Waals surface area contributed by atoms with Crippen LogP contribution in [-0.4, -0.2) is 73.3 Å². The zero-order valence-electron chi connectivity index (χ0n) is 12.4. The Hall–Kier alpha value is -1.96. The number of hydrogen-bond donors (Lipinski definition) is 1. The molecule has 1 heterocycles. The summed E-state index contributed by atoms with van der Waals surface area (Å²) in [5, 5.41) is 2.22. The Morgan fingerprint density at radius 1 is 1.29 bits per heavy atom. The van der Waals surface area contributed by atoms with Crippen molar-refractivity contribution < 1.29 is 23.9 Å². The van der Waals surface area contributed by atoms with Crippen LogP contribution < -0.4 is 5.32 Å². The van der Waals surface area contributed by atoms with Crippen LogP contribution in [0, 0.1) is 0 Å². The van der Waals surface area contributed by atoms with Crippen molar-refractivity contribution in [1.29, 1.82) is 0 Å². The molecule has 118 valence electrons. The minimum absolute atomic E-state index is 0.0147. The Bertz CT molecular complexity index is 424. The van der Waals surface area contributed by atoms with E-state index in [1.165, 1.54) is 12.0 Å². The number of methoxy groups -OCH3 is 1. The van der Waals surface area contributed by atoms with Crippen molar-refractivity contribution in [3.63, 3.8) is 0 Å². The number of esters is 1. The van der Waals surface area contributed by atoms with Crippen LogP contribution in [0.3, 0.4) is 0 Å². The van der Waals surface area contributed by atoms with E-state index in [1.807, 2.05) is 0 Å². The number of likely N-dealkylation sites (tertiary alicyclic amines) is 1. The minimum atomic E-state index is -0.510. The van der Waals surface area contributed by atoms with Crippen molar-refractivity contribution in [2.75, 3.05) is 39.8 Å². The number of hydrogen-bond acceptors (Lipinski definition) is 6. The molecule has 0 saturated carbocycles. The van der Waals surface area contributed by atoms with Crippen molar-refractivity contribution in [2.24, 2.45) is 0 Å². The Morgan fingerprint density at radius 3 is 2.52 bits per heavy atom. The summed E-state index contributed by atoms with van der Waals surface area (Å²) < 4.78 is 4.52. The number of imide groups is 1. The van der Waals surface area contributed by atoms with Crippen molar-refractivity contribution in [3.05, 3.63) is 0 Å². The Labute approximate surface area is 123 Å². The second kappa shape index (κ2) is 8.35. The predicted molar refractivity (Wildman–Crippen MR) is 73.1 cm³/mol. The number of nitrogens with one attached hydrogen (secondary N) is 1.